The largest absolute Gasteiger partial charge is 0.593 e. The highest BCUT2D eigenvalue weighted by Crippen LogP contribution is 2.42. The zero-order valence-corrected chi connectivity index (χ0v) is 26.5. The van der Waals surface area contributed by atoms with Gasteiger partial charge in [0, 0.05) is 61.4 Å². The third-order valence-electron chi connectivity index (χ3n) is 7.39. The van der Waals surface area contributed by atoms with Crippen molar-refractivity contribution < 1.29 is 13.4 Å². The Morgan fingerprint density at radius 2 is 2.05 bits per heavy atom. The van der Waals surface area contributed by atoms with Crippen LogP contribution in [0.2, 0.25) is 0 Å². The number of furan rings is 1. The highest BCUT2D eigenvalue weighted by Gasteiger charge is 2.34. The van der Waals surface area contributed by atoms with Gasteiger partial charge in [0.15, 0.2) is 0 Å². The molecule has 1 aliphatic heterocycles. The average molecular weight is 600 g/mol. The van der Waals surface area contributed by atoms with Gasteiger partial charge in [-0.25, -0.2) is 4.39 Å². The number of halogens is 1. The second kappa shape index (κ2) is 14.1. The fourth-order valence-corrected chi connectivity index (χ4v) is 6.94. The maximum Gasteiger partial charge on any atom is 0.209 e. The van der Waals surface area contributed by atoms with Gasteiger partial charge < -0.3 is 29.3 Å². The van der Waals surface area contributed by atoms with Crippen molar-refractivity contribution in [3.63, 3.8) is 0 Å². The Morgan fingerprint density at radius 3 is 2.68 bits per heavy atom. The van der Waals surface area contributed by atoms with Crippen molar-refractivity contribution in [1.29, 1.82) is 5.41 Å². The van der Waals surface area contributed by atoms with Gasteiger partial charge in [-0.2, -0.15) is 0 Å². The summed E-state index contributed by atoms with van der Waals surface area (Å²) in [6.07, 6.45) is 5.69. The molecule has 0 spiro atoms. The van der Waals surface area contributed by atoms with Gasteiger partial charge in [-0.1, -0.05) is 25.8 Å². The van der Waals surface area contributed by atoms with Crippen LogP contribution in [0.1, 0.15) is 50.7 Å². The first kappa shape index (κ1) is 31.4. The van der Waals surface area contributed by atoms with Crippen molar-refractivity contribution in [2.24, 2.45) is 5.92 Å². The Balaban J connectivity index is 1.74. The van der Waals surface area contributed by atoms with Crippen molar-refractivity contribution in [2.75, 3.05) is 44.3 Å². The Bertz CT molecular complexity index is 1380. The summed E-state index contributed by atoms with van der Waals surface area (Å²) in [6.45, 7) is 8.66. The Labute approximate surface area is 250 Å². The van der Waals surface area contributed by atoms with Crippen LogP contribution in [0.25, 0.3) is 22.3 Å². The van der Waals surface area contributed by atoms with E-state index in [2.05, 4.69) is 40.9 Å². The van der Waals surface area contributed by atoms with Crippen molar-refractivity contribution in [3.8, 4) is 11.3 Å². The third-order valence-corrected chi connectivity index (χ3v) is 9.73. The molecule has 10 heteroatoms. The van der Waals surface area contributed by atoms with E-state index in [0.29, 0.717) is 29.6 Å². The zero-order valence-electron chi connectivity index (χ0n) is 24.8. The number of hydrogen-bond donors (Lipinski definition) is 3. The maximum atomic E-state index is 13.7. The third kappa shape index (κ3) is 7.29. The Morgan fingerprint density at radius 1 is 1.32 bits per heavy atom. The molecule has 0 bridgehead atoms. The van der Waals surface area contributed by atoms with Crippen molar-refractivity contribution in [2.45, 2.75) is 46.1 Å². The molecule has 2 aromatic carbocycles. The standard InChI is InChI=1S/C31H42FN5O2S2/c1-20(2)16-35-18-30(21(3)33)41(38)37-13-7-8-23(19-37)25-14-26-27(17-34-4)31(22-9-11-24(32)12-10-22)39-29(26)15-28(25)36(5)40-6/h9-12,14-15,18,20,23,33-35H,7-8,13,16-17,19H2,1-6H3/b30-18+,33-21?/t23-,41?/m0/s1. The number of nitrogens with zero attached hydrogens (tertiary/aromatic N) is 2. The Hall–Kier alpha value is -2.50. The number of anilines is 1. The first-order valence-corrected chi connectivity index (χ1v) is 16.4. The number of nitrogens with one attached hydrogen (secondary N) is 3. The van der Waals surface area contributed by atoms with Gasteiger partial charge in [0.05, 0.1) is 35.5 Å². The molecule has 3 N–H and O–H groups in total. The molecule has 2 heterocycles. The van der Waals surface area contributed by atoms with Crippen LogP contribution in [0.5, 0.6) is 0 Å². The molecule has 1 aliphatic rings. The molecule has 3 aromatic rings. The van der Waals surface area contributed by atoms with Gasteiger partial charge in [-0.05, 0) is 68.6 Å². The summed E-state index contributed by atoms with van der Waals surface area (Å²) < 4.78 is 38.0. The molecule has 0 saturated carbocycles. The minimum absolute atomic E-state index is 0.157. The number of fused-ring (bicyclic) bond motifs is 1. The van der Waals surface area contributed by atoms with Crippen LogP contribution in [0, 0.1) is 17.1 Å². The SMILES string of the molecule is CNCc1c(-c2ccc(F)cc2)oc2cc(N(C)SC)c([C@H]3CCCN([S+]([O-])/C(=C/NCC(C)C)C(C)=N)C3)cc12. The first-order valence-electron chi connectivity index (χ1n) is 14.1. The van der Waals surface area contributed by atoms with E-state index in [1.165, 1.54) is 17.7 Å². The van der Waals surface area contributed by atoms with E-state index in [-0.39, 0.29) is 11.7 Å². The van der Waals surface area contributed by atoms with Gasteiger partial charge in [0.25, 0.3) is 0 Å². The van der Waals surface area contributed by atoms with Crippen molar-refractivity contribution in [3.05, 3.63) is 64.4 Å². The first-order chi connectivity index (χ1) is 19.6. The van der Waals surface area contributed by atoms with Gasteiger partial charge in [-0.15, -0.1) is 4.31 Å². The van der Waals surface area contributed by atoms with Crippen LogP contribution >= 0.6 is 11.9 Å². The summed E-state index contributed by atoms with van der Waals surface area (Å²) in [4.78, 5) is 0.526. The number of hydrogen-bond acceptors (Lipinski definition) is 8. The molecule has 4 rings (SSSR count). The number of piperidine rings is 1. The summed E-state index contributed by atoms with van der Waals surface area (Å²) in [5.41, 5.74) is 5.22. The van der Waals surface area contributed by atoms with Crippen LogP contribution in [0.4, 0.5) is 10.1 Å². The van der Waals surface area contributed by atoms with E-state index in [4.69, 9.17) is 9.83 Å². The fourth-order valence-electron chi connectivity index (χ4n) is 5.25. The summed E-state index contributed by atoms with van der Waals surface area (Å²) in [6, 6.07) is 10.8. The normalized spacial score (nSPS) is 17.3. The minimum atomic E-state index is -1.43. The van der Waals surface area contributed by atoms with Crippen molar-refractivity contribution in [1.82, 2.24) is 14.9 Å². The second-order valence-electron chi connectivity index (χ2n) is 10.9. The highest BCUT2D eigenvalue weighted by atomic mass is 32.2. The van der Waals surface area contributed by atoms with Crippen molar-refractivity contribution >= 4 is 45.7 Å². The fraction of sp³-hybridized carbons (Fsp3) is 0.452. The van der Waals surface area contributed by atoms with Crippen LogP contribution in [-0.2, 0) is 17.9 Å². The molecule has 222 valence electrons. The lowest BCUT2D eigenvalue weighted by molar-refractivity contribution is 0.318. The van der Waals surface area contributed by atoms with Crippen LogP contribution < -0.4 is 14.9 Å². The molecule has 1 aromatic heterocycles. The van der Waals surface area contributed by atoms with Gasteiger partial charge in [0.2, 0.25) is 4.91 Å². The smallest absolute Gasteiger partial charge is 0.209 e. The van der Waals surface area contributed by atoms with Gasteiger partial charge in [0.1, 0.15) is 17.2 Å². The molecular formula is C31H42FN5O2S2. The van der Waals surface area contributed by atoms with Gasteiger partial charge >= 0.3 is 0 Å². The summed E-state index contributed by atoms with van der Waals surface area (Å²) in [5.74, 6) is 1.06. The van der Waals surface area contributed by atoms with E-state index in [0.717, 1.165) is 59.5 Å². The van der Waals surface area contributed by atoms with E-state index >= 15 is 0 Å². The molecule has 0 amide bonds. The summed E-state index contributed by atoms with van der Waals surface area (Å²) in [5, 5.41) is 15.8. The predicted molar refractivity (Wildman–Crippen MR) is 172 cm³/mol. The molecule has 0 aliphatic carbocycles. The van der Waals surface area contributed by atoms with E-state index in [1.54, 1.807) is 37.2 Å². The lowest BCUT2D eigenvalue weighted by atomic mass is 9.89. The predicted octanol–water partition coefficient (Wildman–Crippen LogP) is 6.64. The lowest BCUT2D eigenvalue weighted by Crippen LogP contribution is -2.41. The number of benzene rings is 2. The van der Waals surface area contributed by atoms with Crippen LogP contribution in [0.3, 0.4) is 0 Å². The quantitative estimate of drug-likeness (QED) is 0.122. The van der Waals surface area contributed by atoms with Crippen LogP contribution in [-0.4, -0.2) is 54.6 Å². The zero-order chi connectivity index (χ0) is 29.7. The molecule has 2 atom stereocenters. The monoisotopic (exact) mass is 599 g/mol. The molecule has 41 heavy (non-hydrogen) atoms. The molecule has 0 radical (unpaired) electrons. The molecule has 1 fully saturated rings. The number of rotatable bonds is 12. The average Bonchev–Trinajstić information content (AvgIpc) is 3.31. The molecule has 7 nitrogen and oxygen atoms in total. The molecular weight excluding hydrogens is 558 g/mol. The van der Waals surface area contributed by atoms with E-state index < -0.39 is 11.4 Å². The summed E-state index contributed by atoms with van der Waals surface area (Å²) in [7, 11) is 3.96. The molecule has 1 unspecified atom stereocenters. The minimum Gasteiger partial charge on any atom is -0.593 e. The lowest BCUT2D eigenvalue weighted by Gasteiger charge is -2.34. The topological polar surface area (TPSA) is 90.6 Å². The maximum absolute atomic E-state index is 13.7. The van der Waals surface area contributed by atoms with E-state index in [1.807, 2.05) is 24.7 Å². The molecule has 1 saturated heterocycles. The summed E-state index contributed by atoms with van der Waals surface area (Å²) >= 11 is 0.199. The van der Waals surface area contributed by atoms with Gasteiger partial charge in [-0.3, -0.25) is 0 Å². The number of allylic oxidation sites excluding steroid dienone is 1. The second-order valence-corrected chi connectivity index (χ2v) is 13.3. The van der Waals surface area contributed by atoms with Crippen LogP contribution in [0.15, 0.2) is 51.9 Å². The Kier molecular flexibility index (Phi) is 10.8. The van der Waals surface area contributed by atoms with E-state index in [9.17, 15) is 8.94 Å². The highest BCUT2D eigenvalue weighted by molar-refractivity contribution is 7.99.